The molecule has 0 saturated carbocycles. The highest BCUT2D eigenvalue weighted by atomic mass is 32.2. The molecule has 0 saturated heterocycles. The van der Waals surface area contributed by atoms with E-state index in [4.69, 9.17) is 0 Å². The van der Waals surface area contributed by atoms with Crippen molar-refractivity contribution < 1.29 is 4.39 Å². The molecule has 0 unspecified atom stereocenters. The molecule has 2 heterocycles. The summed E-state index contributed by atoms with van der Waals surface area (Å²) in [6, 6.07) is 17.0. The summed E-state index contributed by atoms with van der Waals surface area (Å²) in [6.07, 6.45) is 2.62. The van der Waals surface area contributed by atoms with Crippen molar-refractivity contribution in [2.24, 2.45) is 0 Å². The van der Waals surface area contributed by atoms with Gasteiger partial charge in [0.1, 0.15) is 22.0 Å². The molecule has 124 valence electrons. The normalized spacial score (nSPS) is 11.1. The Morgan fingerprint density at radius 2 is 1.76 bits per heavy atom. The summed E-state index contributed by atoms with van der Waals surface area (Å²) in [5.41, 5.74) is 3.39. The van der Waals surface area contributed by atoms with Gasteiger partial charge < -0.3 is 0 Å². The van der Waals surface area contributed by atoms with Crippen LogP contribution in [-0.4, -0.2) is 15.7 Å². The molecule has 2 aromatic heterocycles. The van der Waals surface area contributed by atoms with Gasteiger partial charge in [0, 0.05) is 16.7 Å². The van der Waals surface area contributed by atoms with Crippen molar-refractivity contribution in [3.8, 4) is 11.1 Å². The van der Waals surface area contributed by atoms with Crippen LogP contribution in [0.5, 0.6) is 0 Å². The van der Waals surface area contributed by atoms with Crippen LogP contribution in [0.1, 0.15) is 5.56 Å². The van der Waals surface area contributed by atoms with Crippen LogP contribution in [-0.2, 0) is 6.42 Å². The van der Waals surface area contributed by atoms with Crippen molar-refractivity contribution in [1.29, 1.82) is 0 Å². The van der Waals surface area contributed by atoms with Crippen LogP contribution in [0, 0.1) is 5.82 Å². The lowest BCUT2D eigenvalue weighted by Gasteiger charge is -2.06. The van der Waals surface area contributed by atoms with Crippen LogP contribution in [0.3, 0.4) is 0 Å². The number of rotatable bonds is 5. The van der Waals surface area contributed by atoms with Gasteiger partial charge in [-0.15, -0.1) is 23.1 Å². The zero-order chi connectivity index (χ0) is 17.1. The number of thiophene rings is 1. The Bertz CT molecular complexity index is 982. The maximum atomic E-state index is 13.2. The fourth-order valence-electron chi connectivity index (χ4n) is 2.71. The van der Waals surface area contributed by atoms with Gasteiger partial charge in [-0.25, -0.2) is 14.4 Å². The van der Waals surface area contributed by atoms with Gasteiger partial charge in [0.25, 0.3) is 0 Å². The van der Waals surface area contributed by atoms with Crippen molar-refractivity contribution in [3.63, 3.8) is 0 Å². The number of halogens is 1. The van der Waals surface area contributed by atoms with E-state index < -0.39 is 0 Å². The predicted molar refractivity (Wildman–Crippen MR) is 104 cm³/mol. The Morgan fingerprint density at radius 3 is 2.56 bits per heavy atom. The Labute approximate surface area is 153 Å². The molecule has 0 radical (unpaired) electrons. The third kappa shape index (κ3) is 3.57. The standard InChI is InChI=1S/C20H15FN2S2/c21-16-8-6-15(7-9-16)17-12-25-20-18(17)19(22-13-23-20)24-11-10-14-4-2-1-3-5-14/h1-9,12-13H,10-11H2. The summed E-state index contributed by atoms with van der Waals surface area (Å²) in [5, 5.41) is 4.13. The molecular weight excluding hydrogens is 351 g/mol. The lowest BCUT2D eigenvalue weighted by atomic mass is 10.1. The molecule has 0 aliphatic rings. The highest BCUT2D eigenvalue weighted by Crippen LogP contribution is 2.37. The lowest BCUT2D eigenvalue weighted by Crippen LogP contribution is -1.91. The molecular formula is C20H15FN2S2. The van der Waals surface area contributed by atoms with Crippen molar-refractivity contribution in [1.82, 2.24) is 9.97 Å². The van der Waals surface area contributed by atoms with Crippen LogP contribution in [0.25, 0.3) is 21.3 Å². The summed E-state index contributed by atoms with van der Waals surface area (Å²) < 4.78 is 13.2. The van der Waals surface area contributed by atoms with Gasteiger partial charge in [-0.3, -0.25) is 0 Å². The van der Waals surface area contributed by atoms with Crippen LogP contribution >= 0.6 is 23.1 Å². The Kier molecular flexibility index (Phi) is 4.76. The minimum Gasteiger partial charge on any atom is -0.229 e. The molecule has 0 atom stereocenters. The second kappa shape index (κ2) is 7.33. The van der Waals surface area contributed by atoms with Crippen molar-refractivity contribution in [2.75, 3.05) is 5.75 Å². The monoisotopic (exact) mass is 366 g/mol. The molecule has 2 aromatic carbocycles. The highest BCUT2D eigenvalue weighted by Gasteiger charge is 2.13. The first-order valence-electron chi connectivity index (χ1n) is 7.96. The van der Waals surface area contributed by atoms with Crippen LogP contribution < -0.4 is 0 Å². The van der Waals surface area contributed by atoms with E-state index in [0.717, 1.165) is 38.5 Å². The number of aryl methyl sites for hydroxylation is 1. The first-order chi connectivity index (χ1) is 12.3. The van der Waals surface area contributed by atoms with E-state index in [0.29, 0.717) is 0 Å². The third-order valence-electron chi connectivity index (χ3n) is 3.96. The number of aromatic nitrogens is 2. The maximum absolute atomic E-state index is 13.2. The average molecular weight is 366 g/mol. The summed E-state index contributed by atoms with van der Waals surface area (Å²) in [6.45, 7) is 0. The van der Waals surface area contributed by atoms with E-state index in [1.807, 2.05) is 18.2 Å². The van der Waals surface area contributed by atoms with Gasteiger partial charge in [0.15, 0.2) is 0 Å². The van der Waals surface area contributed by atoms with E-state index >= 15 is 0 Å². The summed E-state index contributed by atoms with van der Waals surface area (Å²) in [5.74, 6) is 0.728. The van der Waals surface area contributed by atoms with Gasteiger partial charge >= 0.3 is 0 Å². The summed E-state index contributed by atoms with van der Waals surface area (Å²) in [7, 11) is 0. The SMILES string of the molecule is Fc1ccc(-c2csc3ncnc(SCCc4ccccc4)c23)cc1. The first-order valence-corrected chi connectivity index (χ1v) is 9.82. The number of thioether (sulfide) groups is 1. The average Bonchev–Trinajstić information content (AvgIpc) is 3.08. The van der Waals surface area contributed by atoms with Gasteiger partial charge in [-0.2, -0.15) is 0 Å². The van der Waals surface area contributed by atoms with E-state index in [-0.39, 0.29) is 5.82 Å². The maximum Gasteiger partial charge on any atom is 0.128 e. The van der Waals surface area contributed by atoms with Crippen LogP contribution in [0.15, 0.2) is 71.3 Å². The smallest absolute Gasteiger partial charge is 0.128 e. The highest BCUT2D eigenvalue weighted by molar-refractivity contribution is 7.99. The van der Waals surface area contributed by atoms with E-state index in [2.05, 4.69) is 39.6 Å². The molecule has 0 amide bonds. The number of hydrogen-bond donors (Lipinski definition) is 0. The van der Waals surface area contributed by atoms with E-state index in [9.17, 15) is 4.39 Å². The molecule has 4 rings (SSSR count). The summed E-state index contributed by atoms with van der Waals surface area (Å²) >= 11 is 3.34. The third-order valence-corrected chi connectivity index (χ3v) is 5.84. The zero-order valence-electron chi connectivity index (χ0n) is 13.4. The number of nitrogens with zero attached hydrogens (tertiary/aromatic N) is 2. The second-order valence-electron chi connectivity index (χ2n) is 5.60. The molecule has 0 fully saturated rings. The van der Waals surface area contributed by atoms with Crippen LogP contribution in [0.4, 0.5) is 4.39 Å². The number of hydrogen-bond acceptors (Lipinski definition) is 4. The Hall–Kier alpha value is -2.24. The number of benzene rings is 2. The van der Waals surface area contributed by atoms with E-state index in [1.54, 1.807) is 29.4 Å². The van der Waals surface area contributed by atoms with Crippen molar-refractivity contribution in [3.05, 3.63) is 77.7 Å². The minimum absolute atomic E-state index is 0.225. The summed E-state index contributed by atoms with van der Waals surface area (Å²) in [4.78, 5) is 9.86. The first kappa shape index (κ1) is 16.2. The fraction of sp³-hybridized carbons (Fsp3) is 0.100. The second-order valence-corrected chi connectivity index (χ2v) is 7.54. The molecule has 0 aliphatic heterocycles. The van der Waals surface area contributed by atoms with Crippen molar-refractivity contribution >= 4 is 33.3 Å². The molecule has 2 nitrogen and oxygen atoms in total. The molecule has 0 N–H and O–H groups in total. The zero-order valence-corrected chi connectivity index (χ0v) is 15.0. The number of fused-ring (bicyclic) bond motifs is 1. The molecule has 0 bridgehead atoms. The Morgan fingerprint density at radius 1 is 0.960 bits per heavy atom. The fourth-order valence-corrected chi connectivity index (χ4v) is 4.69. The lowest BCUT2D eigenvalue weighted by molar-refractivity contribution is 0.628. The Balaban J connectivity index is 1.62. The topological polar surface area (TPSA) is 25.8 Å². The van der Waals surface area contributed by atoms with Gasteiger partial charge in [0.2, 0.25) is 0 Å². The molecule has 0 spiro atoms. The quantitative estimate of drug-likeness (QED) is 0.328. The molecule has 5 heteroatoms. The largest absolute Gasteiger partial charge is 0.229 e. The van der Waals surface area contributed by atoms with Crippen LogP contribution in [0.2, 0.25) is 0 Å². The van der Waals surface area contributed by atoms with Gasteiger partial charge in [-0.1, -0.05) is 42.5 Å². The predicted octanol–water partition coefficient (Wildman–Crippen LogP) is 5.83. The molecule has 4 aromatic rings. The molecule has 0 aliphatic carbocycles. The van der Waals surface area contributed by atoms with Gasteiger partial charge in [-0.05, 0) is 29.7 Å². The minimum atomic E-state index is -0.225. The van der Waals surface area contributed by atoms with Gasteiger partial charge in [0.05, 0.1) is 5.39 Å². The van der Waals surface area contributed by atoms with Crippen molar-refractivity contribution in [2.45, 2.75) is 11.4 Å². The van der Waals surface area contributed by atoms with E-state index in [1.165, 1.54) is 17.7 Å². The molecule has 25 heavy (non-hydrogen) atoms.